The molecule has 1 aromatic carbocycles. The number of hydrogen-bond acceptors (Lipinski definition) is 6. The molecule has 1 aliphatic heterocycles. The highest BCUT2D eigenvalue weighted by atomic mass is 16.6. The predicted molar refractivity (Wildman–Crippen MR) is 73.8 cm³/mol. The summed E-state index contributed by atoms with van der Waals surface area (Å²) in [7, 11) is 0. The van der Waals surface area contributed by atoms with Crippen molar-refractivity contribution in [3.8, 4) is 0 Å². The summed E-state index contributed by atoms with van der Waals surface area (Å²) in [6.45, 7) is 0.271. The van der Waals surface area contributed by atoms with Crippen LogP contribution in [0.2, 0.25) is 0 Å². The molecule has 0 radical (unpaired) electrons. The number of nitrogens with zero attached hydrogens (tertiary/aromatic N) is 3. The van der Waals surface area contributed by atoms with Gasteiger partial charge in [0.2, 0.25) is 5.91 Å². The van der Waals surface area contributed by atoms with Crippen molar-refractivity contribution in [1.82, 2.24) is 15.2 Å². The summed E-state index contributed by atoms with van der Waals surface area (Å²) in [5.41, 5.74) is 1.69. The number of aromatic nitrogens is 3. The normalized spacial score (nSPS) is 13.4. The molecule has 2 heterocycles. The summed E-state index contributed by atoms with van der Waals surface area (Å²) in [6, 6.07) is 3.08. The second kappa shape index (κ2) is 5.19. The minimum atomic E-state index is -0.445. The SMILES string of the molecule is O=C1CCc2cc([N+](=O)[O-])c(NCc3ncn[nH]3)cc2N1. The number of carbonyl (C=O) groups is 1. The lowest BCUT2D eigenvalue weighted by Gasteiger charge is -2.18. The van der Waals surface area contributed by atoms with E-state index < -0.39 is 4.92 Å². The van der Waals surface area contributed by atoms with Crippen molar-refractivity contribution in [1.29, 1.82) is 0 Å². The van der Waals surface area contributed by atoms with Gasteiger partial charge in [0.25, 0.3) is 5.69 Å². The van der Waals surface area contributed by atoms with Gasteiger partial charge in [-0.1, -0.05) is 0 Å². The Bertz CT molecular complexity index is 697. The maximum atomic E-state index is 11.4. The van der Waals surface area contributed by atoms with Crippen molar-refractivity contribution in [2.45, 2.75) is 19.4 Å². The number of aryl methyl sites for hydroxylation is 1. The molecule has 0 fully saturated rings. The van der Waals surface area contributed by atoms with Gasteiger partial charge in [0.05, 0.1) is 11.5 Å². The molecule has 21 heavy (non-hydrogen) atoms. The Labute approximate surface area is 118 Å². The van der Waals surface area contributed by atoms with Crippen LogP contribution in [0.15, 0.2) is 18.5 Å². The van der Waals surface area contributed by atoms with Crippen LogP contribution in [-0.4, -0.2) is 26.0 Å². The summed E-state index contributed by atoms with van der Waals surface area (Å²) < 4.78 is 0. The van der Waals surface area contributed by atoms with Gasteiger partial charge in [0.1, 0.15) is 17.8 Å². The number of nitrogens with one attached hydrogen (secondary N) is 3. The van der Waals surface area contributed by atoms with Crippen LogP contribution in [0.4, 0.5) is 17.1 Å². The molecule has 0 unspecified atom stereocenters. The highest BCUT2D eigenvalue weighted by Gasteiger charge is 2.22. The van der Waals surface area contributed by atoms with Crippen LogP contribution in [-0.2, 0) is 17.8 Å². The van der Waals surface area contributed by atoms with E-state index in [-0.39, 0.29) is 18.1 Å². The first-order chi connectivity index (χ1) is 10.1. The number of carbonyl (C=O) groups excluding carboxylic acids is 1. The molecule has 0 spiro atoms. The van der Waals surface area contributed by atoms with Crippen molar-refractivity contribution in [2.75, 3.05) is 10.6 Å². The van der Waals surface area contributed by atoms with Crippen LogP contribution < -0.4 is 10.6 Å². The summed E-state index contributed by atoms with van der Waals surface area (Å²) >= 11 is 0. The molecular weight excluding hydrogens is 276 g/mol. The first-order valence-electron chi connectivity index (χ1n) is 6.33. The van der Waals surface area contributed by atoms with E-state index in [2.05, 4.69) is 25.8 Å². The Hall–Kier alpha value is -2.97. The molecule has 1 aliphatic rings. The highest BCUT2D eigenvalue weighted by molar-refractivity contribution is 5.95. The molecule has 0 aliphatic carbocycles. The lowest BCUT2D eigenvalue weighted by Crippen LogP contribution is -2.19. The number of anilines is 2. The Kier molecular flexibility index (Phi) is 3.22. The first kappa shape index (κ1) is 13.0. The van der Waals surface area contributed by atoms with Crippen molar-refractivity contribution >= 4 is 23.0 Å². The average Bonchev–Trinajstić information content (AvgIpc) is 2.97. The molecule has 1 amide bonds. The van der Waals surface area contributed by atoms with Crippen LogP contribution >= 0.6 is 0 Å². The van der Waals surface area contributed by atoms with Crippen LogP contribution in [0.5, 0.6) is 0 Å². The third kappa shape index (κ3) is 2.66. The highest BCUT2D eigenvalue weighted by Crippen LogP contribution is 2.34. The molecule has 2 aromatic rings. The third-order valence-electron chi connectivity index (χ3n) is 3.22. The Balaban J connectivity index is 1.91. The van der Waals surface area contributed by atoms with Gasteiger partial charge in [-0.05, 0) is 18.1 Å². The molecule has 0 saturated heterocycles. The molecule has 1 aromatic heterocycles. The van der Waals surface area contributed by atoms with Crippen molar-refractivity contribution in [2.24, 2.45) is 0 Å². The van der Waals surface area contributed by atoms with E-state index in [0.717, 1.165) is 5.56 Å². The monoisotopic (exact) mass is 288 g/mol. The first-order valence-corrected chi connectivity index (χ1v) is 6.33. The lowest BCUT2D eigenvalue weighted by atomic mass is 10.0. The topological polar surface area (TPSA) is 126 Å². The molecule has 9 nitrogen and oxygen atoms in total. The van der Waals surface area contributed by atoms with Crippen molar-refractivity contribution < 1.29 is 9.72 Å². The number of nitro groups is 1. The number of amides is 1. The minimum Gasteiger partial charge on any atom is -0.372 e. The van der Waals surface area contributed by atoms with E-state index in [1.165, 1.54) is 12.4 Å². The molecule has 0 bridgehead atoms. The number of benzene rings is 1. The van der Waals surface area contributed by atoms with Gasteiger partial charge >= 0.3 is 0 Å². The Morgan fingerprint density at radius 1 is 1.38 bits per heavy atom. The van der Waals surface area contributed by atoms with Gasteiger partial charge < -0.3 is 10.6 Å². The zero-order chi connectivity index (χ0) is 14.8. The second-order valence-electron chi connectivity index (χ2n) is 4.62. The quantitative estimate of drug-likeness (QED) is 0.573. The average molecular weight is 288 g/mol. The fourth-order valence-corrected chi connectivity index (χ4v) is 2.20. The molecule has 0 atom stereocenters. The maximum absolute atomic E-state index is 11.4. The standard InChI is InChI=1S/C12H12N6O3/c19-12-2-1-7-3-10(18(20)21)9(4-8(7)16-12)13-5-11-14-6-15-17-11/h3-4,6,13H,1-2,5H2,(H,16,19)(H,14,15,17). The van der Waals surface area contributed by atoms with Gasteiger partial charge in [-0.15, -0.1) is 0 Å². The largest absolute Gasteiger partial charge is 0.372 e. The van der Waals surface area contributed by atoms with Crippen LogP contribution in [0, 0.1) is 10.1 Å². The van der Waals surface area contributed by atoms with Crippen LogP contribution in [0.1, 0.15) is 17.8 Å². The van der Waals surface area contributed by atoms with E-state index >= 15 is 0 Å². The van der Waals surface area contributed by atoms with Gasteiger partial charge in [-0.25, -0.2) is 4.98 Å². The fraction of sp³-hybridized carbons (Fsp3) is 0.250. The predicted octanol–water partition coefficient (Wildman–Crippen LogP) is 1.21. The van der Waals surface area contributed by atoms with E-state index in [1.807, 2.05) is 0 Å². The summed E-state index contributed by atoms with van der Waals surface area (Å²) in [5, 5.41) is 23.2. The van der Waals surface area contributed by atoms with Gasteiger partial charge in [0.15, 0.2) is 0 Å². The zero-order valence-corrected chi connectivity index (χ0v) is 10.9. The summed E-state index contributed by atoms with van der Waals surface area (Å²) in [5.74, 6) is 0.476. The second-order valence-corrected chi connectivity index (χ2v) is 4.62. The van der Waals surface area contributed by atoms with E-state index in [1.54, 1.807) is 6.07 Å². The maximum Gasteiger partial charge on any atom is 0.292 e. The Morgan fingerprint density at radius 3 is 2.95 bits per heavy atom. The number of hydrogen-bond donors (Lipinski definition) is 3. The van der Waals surface area contributed by atoms with E-state index in [4.69, 9.17) is 0 Å². The molecule has 3 N–H and O–H groups in total. The zero-order valence-electron chi connectivity index (χ0n) is 10.9. The molecule has 0 saturated carbocycles. The number of rotatable bonds is 4. The van der Waals surface area contributed by atoms with E-state index in [0.29, 0.717) is 30.0 Å². The minimum absolute atomic E-state index is 0.0237. The number of fused-ring (bicyclic) bond motifs is 1. The van der Waals surface area contributed by atoms with Crippen molar-refractivity contribution in [3.05, 3.63) is 40.0 Å². The number of H-pyrrole nitrogens is 1. The lowest BCUT2D eigenvalue weighted by molar-refractivity contribution is -0.384. The molecule has 108 valence electrons. The number of nitro benzene ring substituents is 1. The van der Waals surface area contributed by atoms with Gasteiger partial charge in [-0.2, -0.15) is 5.10 Å². The molecular formula is C12H12N6O3. The van der Waals surface area contributed by atoms with Crippen molar-refractivity contribution in [3.63, 3.8) is 0 Å². The smallest absolute Gasteiger partial charge is 0.292 e. The van der Waals surface area contributed by atoms with Gasteiger partial charge in [-0.3, -0.25) is 20.0 Å². The molecule has 9 heteroatoms. The fourth-order valence-electron chi connectivity index (χ4n) is 2.20. The third-order valence-corrected chi connectivity index (χ3v) is 3.22. The van der Waals surface area contributed by atoms with Crippen LogP contribution in [0.25, 0.3) is 0 Å². The van der Waals surface area contributed by atoms with Gasteiger partial charge in [0, 0.05) is 18.2 Å². The van der Waals surface area contributed by atoms with E-state index in [9.17, 15) is 14.9 Å². The van der Waals surface area contributed by atoms with Crippen LogP contribution in [0.3, 0.4) is 0 Å². The number of aromatic amines is 1. The summed E-state index contributed by atoms with van der Waals surface area (Å²) in [6.07, 6.45) is 2.21. The Morgan fingerprint density at radius 2 is 2.24 bits per heavy atom. The molecule has 3 rings (SSSR count). The summed E-state index contributed by atoms with van der Waals surface area (Å²) in [4.78, 5) is 26.1.